The molecule has 6 heteroatoms. The second-order valence-corrected chi connectivity index (χ2v) is 8.56. The quantitative estimate of drug-likeness (QED) is 0.427. The molecule has 1 heterocycles. The van der Waals surface area contributed by atoms with Crippen molar-refractivity contribution in [2.45, 2.75) is 23.4 Å². The Labute approximate surface area is 186 Å². The second-order valence-electron chi connectivity index (χ2n) is 7.25. The molecule has 4 rings (SSSR count). The van der Waals surface area contributed by atoms with Gasteiger partial charge in [-0.05, 0) is 18.1 Å². The molecule has 1 aromatic heterocycles. The highest BCUT2D eigenvalue weighted by atomic mass is 32.2. The van der Waals surface area contributed by atoms with Crippen molar-refractivity contribution in [3.63, 3.8) is 0 Å². The lowest BCUT2D eigenvalue weighted by molar-refractivity contribution is -0.120. The minimum atomic E-state index is -0.332. The number of amides is 1. The highest BCUT2D eigenvalue weighted by Gasteiger charge is 2.23. The van der Waals surface area contributed by atoms with Crippen molar-refractivity contribution in [1.82, 2.24) is 20.1 Å². The van der Waals surface area contributed by atoms with Crippen LogP contribution in [-0.4, -0.2) is 25.9 Å². The van der Waals surface area contributed by atoms with Crippen molar-refractivity contribution < 1.29 is 4.79 Å². The zero-order chi connectivity index (χ0) is 21.6. The van der Waals surface area contributed by atoms with E-state index in [-0.39, 0.29) is 17.2 Å². The van der Waals surface area contributed by atoms with Gasteiger partial charge in [-0.1, -0.05) is 103 Å². The maximum atomic E-state index is 13.1. The number of nitrogens with one attached hydrogen (secondary N) is 1. The molecular weight excluding hydrogens is 404 g/mol. The third kappa shape index (κ3) is 4.86. The Balaban J connectivity index is 1.51. The van der Waals surface area contributed by atoms with Gasteiger partial charge >= 0.3 is 0 Å². The predicted octanol–water partition coefficient (Wildman–Crippen LogP) is 4.87. The fraction of sp³-hybridized carbons (Fsp3) is 0.160. The average Bonchev–Trinajstić information content (AvgIpc) is 3.19. The van der Waals surface area contributed by atoms with Crippen molar-refractivity contribution in [2.24, 2.45) is 7.05 Å². The molecule has 0 bridgehead atoms. The normalized spacial score (nSPS) is 12.0. The van der Waals surface area contributed by atoms with Crippen LogP contribution in [0.1, 0.15) is 24.1 Å². The number of carbonyl (C=O) groups is 1. The van der Waals surface area contributed by atoms with Gasteiger partial charge < -0.3 is 9.88 Å². The molecule has 31 heavy (non-hydrogen) atoms. The number of carbonyl (C=O) groups excluding carboxylic acids is 1. The lowest BCUT2D eigenvalue weighted by Crippen LogP contribution is -2.35. The van der Waals surface area contributed by atoms with Crippen LogP contribution < -0.4 is 5.32 Å². The minimum absolute atomic E-state index is 0.0491. The Morgan fingerprint density at radius 3 is 1.90 bits per heavy atom. The summed E-state index contributed by atoms with van der Waals surface area (Å²) >= 11 is 1.40. The molecule has 0 fully saturated rings. The van der Waals surface area contributed by atoms with Crippen LogP contribution in [0.2, 0.25) is 0 Å². The second kappa shape index (κ2) is 9.62. The Hall–Kier alpha value is -3.38. The fourth-order valence-electron chi connectivity index (χ4n) is 3.38. The molecule has 0 radical (unpaired) electrons. The third-order valence-electron chi connectivity index (χ3n) is 5.07. The Morgan fingerprint density at radius 1 is 0.839 bits per heavy atom. The largest absolute Gasteiger partial charge is 0.344 e. The van der Waals surface area contributed by atoms with Crippen molar-refractivity contribution in [2.75, 3.05) is 0 Å². The lowest BCUT2D eigenvalue weighted by atomic mass is 9.98. The van der Waals surface area contributed by atoms with Gasteiger partial charge in [0.25, 0.3) is 0 Å². The molecule has 1 N–H and O–H groups in total. The van der Waals surface area contributed by atoms with E-state index in [0.29, 0.717) is 5.16 Å². The molecule has 0 saturated heterocycles. The SMILES string of the molecule is CC(Sc1nnc(-c2ccccc2)n1C)C(=O)NC(c1ccccc1)c1ccccc1. The van der Waals surface area contributed by atoms with Crippen molar-refractivity contribution in [3.05, 3.63) is 102 Å². The molecule has 156 valence electrons. The average molecular weight is 429 g/mol. The summed E-state index contributed by atoms with van der Waals surface area (Å²) in [6.45, 7) is 1.89. The summed E-state index contributed by atoms with van der Waals surface area (Å²) in [4.78, 5) is 13.1. The van der Waals surface area contributed by atoms with E-state index in [2.05, 4.69) is 15.5 Å². The van der Waals surface area contributed by atoms with Gasteiger partial charge in [-0.2, -0.15) is 0 Å². The maximum Gasteiger partial charge on any atom is 0.234 e. The van der Waals surface area contributed by atoms with Crippen LogP contribution in [0.5, 0.6) is 0 Å². The summed E-state index contributed by atoms with van der Waals surface area (Å²) in [6.07, 6.45) is 0. The lowest BCUT2D eigenvalue weighted by Gasteiger charge is -2.22. The fourth-order valence-corrected chi connectivity index (χ4v) is 4.20. The van der Waals surface area contributed by atoms with E-state index in [1.54, 1.807) is 0 Å². The monoisotopic (exact) mass is 428 g/mol. The molecule has 5 nitrogen and oxygen atoms in total. The van der Waals surface area contributed by atoms with E-state index in [1.165, 1.54) is 11.8 Å². The minimum Gasteiger partial charge on any atom is -0.344 e. The zero-order valence-corrected chi connectivity index (χ0v) is 18.3. The first-order valence-corrected chi connectivity index (χ1v) is 11.0. The first-order chi connectivity index (χ1) is 15.1. The summed E-state index contributed by atoms with van der Waals surface area (Å²) in [5.74, 6) is 0.731. The van der Waals surface area contributed by atoms with Crippen molar-refractivity contribution in [1.29, 1.82) is 0 Å². The van der Waals surface area contributed by atoms with E-state index >= 15 is 0 Å². The number of benzene rings is 3. The van der Waals surface area contributed by atoms with E-state index in [0.717, 1.165) is 22.5 Å². The van der Waals surface area contributed by atoms with Gasteiger partial charge in [-0.15, -0.1) is 10.2 Å². The van der Waals surface area contributed by atoms with E-state index < -0.39 is 0 Å². The van der Waals surface area contributed by atoms with Crippen LogP contribution in [0.15, 0.2) is 96.2 Å². The van der Waals surface area contributed by atoms with Gasteiger partial charge in [0, 0.05) is 12.6 Å². The van der Waals surface area contributed by atoms with Crippen LogP contribution in [0.4, 0.5) is 0 Å². The molecular formula is C25H24N4OS. The number of aromatic nitrogens is 3. The zero-order valence-electron chi connectivity index (χ0n) is 17.5. The van der Waals surface area contributed by atoms with Gasteiger partial charge in [-0.3, -0.25) is 4.79 Å². The number of rotatable bonds is 7. The molecule has 0 saturated carbocycles. The summed E-state index contributed by atoms with van der Waals surface area (Å²) in [6, 6.07) is 29.7. The Morgan fingerprint density at radius 2 is 1.35 bits per heavy atom. The van der Waals surface area contributed by atoms with Crippen LogP contribution in [-0.2, 0) is 11.8 Å². The van der Waals surface area contributed by atoms with Crippen molar-refractivity contribution >= 4 is 17.7 Å². The predicted molar refractivity (Wildman–Crippen MR) is 125 cm³/mol. The van der Waals surface area contributed by atoms with Crippen LogP contribution in [0, 0.1) is 0 Å². The summed E-state index contributed by atoms with van der Waals surface area (Å²) in [7, 11) is 1.92. The highest BCUT2D eigenvalue weighted by Crippen LogP contribution is 2.27. The summed E-state index contributed by atoms with van der Waals surface area (Å²) < 4.78 is 1.93. The Kier molecular flexibility index (Phi) is 6.48. The number of thioether (sulfide) groups is 1. The topological polar surface area (TPSA) is 59.8 Å². The standard InChI is InChI=1S/C25H24N4OS/c1-18(31-25-28-27-23(29(25)2)21-16-10-5-11-17-21)24(30)26-22(19-12-6-3-7-13-19)20-14-8-4-9-15-20/h3-18,22H,1-2H3,(H,26,30). The summed E-state index contributed by atoms with van der Waals surface area (Å²) in [5.41, 5.74) is 3.09. The van der Waals surface area contributed by atoms with Crippen molar-refractivity contribution in [3.8, 4) is 11.4 Å². The van der Waals surface area contributed by atoms with E-state index in [1.807, 2.05) is 110 Å². The molecule has 4 aromatic rings. The molecule has 3 aromatic carbocycles. The van der Waals surface area contributed by atoms with Gasteiger partial charge in [0.05, 0.1) is 11.3 Å². The van der Waals surface area contributed by atoms with E-state index in [9.17, 15) is 4.79 Å². The van der Waals surface area contributed by atoms with E-state index in [4.69, 9.17) is 0 Å². The first-order valence-electron chi connectivity index (χ1n) is 10.1. The van der Waals surface area contributed by atoms with Gasteiger partial charge in [0.15, 0.2) is 11.0 Å². The molecule has 0 spiro atoms. The van der Waals surface area contributed by atoms with Gasteiger partial charge in [-0.25, -0.2) is 0 Å². The molecule has 0 aliphatic rings. The third-order valence-corrected chi connectivity index (χ3v) is 6.20. The molecule has 0 aliphatic heterocycles. The molecule has 1 atom stereocenters. The van der Waals surface area contributed by atoms with Gasteiger partial charge in [0.2, 0.25) is 5.91 Å². The van der Waals surface area contributed by atoms with Crippen LogP contribution >= 0.6 is 11.8 Å². The molecule has 1 unspecified atom stereocenters. The Bertz CT molecular complexity index is 1090. The number of hydrogen-bond donors (Lipinski definition) is 1. The van der Waals surface area contributed by atoms with Crippen LogP contribution in [0.25, 0.3) is 11.4 Å². The smallest absolute Gasteiger partial charge is 0.234 e. The number of nitrogens with zero attached hydrogens (tertiary/aromatic N) is 3. The molecule has 0 aliphatic carbocycles. The number of hydrogen-bond acceptors (Lipinski definition) is 4. The maximum absolute atomic E-state index is 13.1. The highest BCUT2D eigenvalue weighted by molar-refractivity contribution is 8.00. The van der Waals surface area contributed by atoms with Gasteiger partial charge in [0.1, 0.15) is 0 Å². The molecule has 1 amide bonds. The first kappa shape index (κ1) is 20.9. The summed E-state index contributed by atoms with van der Waals surface area (Å²) in [5, 5.41) is 12.2. The van der Waals surface area contributed by atoms with Crippen LogP contribution in [0.3, 0.4) is 0 Å².